The van der Waals surface area contributed by atoms with Gasteiger partial charge in [0.2, 0.25) is 0 Å². The quantitative estimate of drug-likeness (QED) is 0.736. The lowest BCUT2D eigenvalue weighted by Crippen LogP contribution is -2.40. The second-order valence-electron chi connectivity index (χ2n) is 8.44. The van der Waals surface area contributed by atoms with Crippen molar-refractivity contribution < 1.29 is 4.79 Å². The number of anilines is 1. The largest absolute Gasteiger partial charge is 0.367 e. The fourth-order valence-corrected chi connectivity index (χ4v) is 4.66. The van der Waals surface area contributed by atoms with E-state index in [4.69, 9.17) is 10.7 Å². The topological polar surface area (TPSA) is 84.5 Å². The fraction of sp³-hybridized carbons (Fsp3) is 0.636. The predicted molar refractivity (Wildman–Crippen MR) is 113 cm³/mol. The highest BCUT2D eigenvalue weighted by Crippen LogP contribution is 2.27. The first-order valence-electron chi connectivity index (χ1n) is 11.0. The van der Waals surface area contributed by atoms with Crippen molar-refractivity contribution in [3.05, 3.63) is 29.6 Å². The van der Waals surface area contributed by atoms with E-state index in [0.29, 0.717) is 11.6 Å². The van der Waals surface area contributed by atoms with Gasteiger partial charge in [-0.2, -0.15) is 0 Å². The highest BCUT2D eigenvalue weighted by Gasteiger charge is 2.24. The third-order valence-corrected chi connectivity index (χ3v) is 6.35. The van der Waals surface area contributed by atoms with Crippen molar-refractivity contribution in [2.24, 2.45) is 5.73 Å². The number of amides is 1. The van der Waals surface area contributed by atoms with Crippen LogP contribution in [0.4, 0.5) is 5.82 Å². The van der Waals surface area contributed by atoms with Crippen molar-refractivity contribution in [3.8, 4) is 0 Å². The highest BCUT2D eigenvalue weighted by atomic mass is 16.1. The maximum atomic E-state index is 13.0. The van der Waals surface area contributed by atoms with Gasteiger partial charge in [-0.1, -0.05) is 26.2 Å². The van der Waals surface area contributed by atoms with Crippen LogP contribution in [0.3, 0.4) is 0 Å². The molecule has 2 aliphatic carbocycles. The molecule has 4 rings (SSSR count). The van der Waals surface area contributed by atoms with Crippen LogP contribution in [-0.4, -0.2) is 33.4 Å². The molecule has 152 valence electrons. The van der Waals surface area contributed by atoms with Gasteiger partial charge in [0.1, 0.15) is 5.82 Å². The maximum absolute atomic E-state index is 13.0. The highest BCUT2D eigenvalue weighted by molar-refractivity contribution is 6.00. The van der Waals surface area contributed by atoms with Crippen LogP contribution in [0.15, 0.2) is 18.3 Å². The van der Waals surface area contributed by atoms with Gasteiger partial charge in [0.05, 0.1) is 11.3 Å². The molecule has 2 aliphatic rings. The number of fused-ring (bicyclic) bond motifs is 1. The van der Waals surface area contributed by atoms with Gasteiger partial charge in [0, 0.05) is 24.3 Å². The number of nitrogens with two attached hydrogens (primary N) is 1. The van der Waals surface area contributed by atoms with E-state index in [9.17, 15) is 4.79 Å². The van der Waals surface area contributed by atoms with Crippen LogP contribution in [0.2, 0.25) is 0 Å². The molecular formula is C22H33N5O. The Morgan fingerprint density at radius 2 is 1.89 bits per heavy atom. The number of nitrogens with zero attached hydrogens (tertiary/aromatic N) is 2. The Bertz CT molecular complexity index is 816. The molecule has 2 aromatic heterocycles. The van der Waals surface area contributed by atoms with E-state index < -0.39 is 0 Å². The molecule has 0 spiro atoms. The van der Waals surface area contributed by atoms with Crippen LogP contribution in [0.25, 0.3) is 5.65 Å². The van der Waals surface area contributed by atoms with Gasteiger partial charge >= 0.3 is 0 Å². The molecule has 0 bridgehead atoms. The number of aromatic nitrogens is 2. The summed E-state index contributed by atoms with van der Waals surface area (Å²) in [7, 11) is 0. The third kappa shape index (κ3) is 4.02. The SMILES string of the molecule is CCc1nc2c(C(=O)NC3CCC(N)CC3)cccn2c1NC1CCCCC1. The van der Waals surface area contributed by atoms with Crippen molar-refractivity contribution >= 4 is 17.4 Å². The fourth-order valence-electron chi connectivity index (χ4n) is 4.66. The normalized spacial score (nSPS) is 23.6. The van der Waals surface area contributed by atoms with Gasteiger partial charge in [-0.25, -0.2) is 4.98 Å². The van der Waals surface area contributed by atoms with Crippen molar-refractivity contribution in [2.75, 3.05) is 5.32 Å². The first kappa shape index (κ1) is 19.2. The molecule has 0 saturated heterocycles. The molecule has 2 saturated carbocycles. The number of carbonyl (C=O) groups excluding carboxylic acids is 1. The monoisotopic (exact) mass is 383 g/mol. The molecule has 2 aromatic rings. The number of hydrogen-bond donors (Lipinski definition) is 3. The summed E-state index contributed by atoms with van der Waals surface area (Å²) in [5.41, 5.74) is 8.44. The van der Waals surface area contributed by atoms with Crippen LogP contribution in [0.5, 0.6) is 0 Å². The summed E-state index contributed by atoms with van der Waals surface area (Å²) in [6.07, 6.45) is 13.1. The Kier molecular flexibility index (Phi) is 5.85. The number of pyridine rings is 1. The molecule has 0 aliphatic heterocycles. The van der Waals surface area contributed by atoms with E-state index in [2.05, 4.69) is 22.0 Å². The third-order valence-electron chi connectivity index (χ3n) is 6.35. The Labute approximate surface area is 167 Å². The van der Waals surface area contributed by atoms with Crippen molar-refractivity contribution in [1.29, 1.82) is 0 Å². The summed E-state index contributed by atoms with van der Waals surface area (Å²) in [5.74, 6) is 1.03. The zero-order chi connectivity index (χ0) is 19.5. The molecule has 0 unspecified atom stereocenters. The van der Waals surface area contributed by atoms with E-state index >= 15 is 0 Å². The Hall–Kier alpha value is -2.08. The second kappa shape index (κ2) is 8.52. The molecule has 2 fully saturated rings. The minimum Gasteiger partial charge on any atom is -0.367 e. The van der Waals surface area contributed by atoms with Crippen LogP contribution in [-0.2, 0) is 6.42 Å². The van der Waals surface area contributed by atoms with E-state index in [0.717, 1.165) is 49.3 Å². The predicted octanol–water partition coefficient (Wildman–Crippen LogP) is 3.64. The van der Waals surface area contributed by atoms with Crippen molar-refractivity contribution in [2.45, 2.75) is 89.3 Å². The molecule has 6 heteroatoms. The van der Waals surface area contributed by atoms with Gasteiger partial charge in [0.15, 0.2) is 5.65 Å². The van der Waals surface area contributed by atoms with Crippen LogP contribution >= 0.6 is 0 Å². The van der Waals surface area contributed by atoms with E-state index in [1.165, 1.54) is 32.1 Å². The first-order chi connectivity index (χ1) is 13.7. The zero-order valence-corrected chi connectivity index (χ0v) is 16.9. The summed E-state index contributed by atoms with van der Waals surface area (Å²) in [6, 6.07) is 4.84. The first-order valence-corrected chi connectivity index (χ1v) is 11.0. The number of carbonyl (C=O) groups is 1. The molecule has 1 amide bonds. The minimum atomic E-state index is -0.0251. The maximum Gasteiger partial charge on any atom is 0.255 e. The zero-order valence-electron chi connectivity index (χ0n) is 16.9. The number of imidazole rings is 1. The molecule has 2 heterocycles. The molecular weight excluding hydrogens is 350 g/mol. The lowest BCUT2D eigenvalue weighted by atomic mass is 9.91. The average molecular weight is 384 g/mol. The molecule has 0 radical (unpaired) electrons. The molecule has 28 heavy (non-hydrogen) atoms. The molecule has 0 atom stereocenters. The summed E-state index contributed by atoms with van der Waals surface area (Å²) in [5, 5.41) is 6.94. The van der Waals surface area contributed by atoms with Gasteiger partial charge in [0.25, 0.3) is 5.91 Å². The van der Waals surface area contributed by atoms with E-state index in [1.807, 2.05) is 18.3 Å². The lowest BCUT2D eigenvalue weighted by Gasteiger charge is -2.26. The smallest absolute Gasteiger partial charge is 0.255 e. The lowest BCUT2D eigenvalue weighted by molar-refractivity contribution is 0.0927. The summed E-state index contributed by atoms with van der Waals surface area (Å²) < 4.78 is 2.07. The Morgan fingerprint density at radius 1 is 1.14 bits per heavy atom. The minimum absolute atomic E-state index is 0.0251. The van der Waals surface area contributed by atoms with Gasteiger partial charge in [-0.3, -0.25) is 9.20 Å². The second-order valence-corrected chi connectivity index (χ2v) is 8.44. The van der Waals surface area contributed by atoms with Crippen LogP contribution in [0, 0.1) is 0 Å². The summed E-state index contributed by atoms with van der Waals surface area (Å²) >= 11 is 0. The summed E-state index contributed by atoms with van der Waals surface area (Å²) in [6.45, 7) is 2.12. The number of nitrogens with one attached hydrogen (secondary N) is 2. The molecule has 4 N–H and O–H groups in total. The number of aryl methyl sites for hydroxylation is 1. The van der Waals surface area contributed by atoms with Gasteiger partial charge in [-0.15, -0.1) is 0 Å². The average Bonchev–Trinajstić information content (AvgIpc) is 3.08. The van der Waals surface area contributed by atoms with E-state index in [1.54, 1.807) is 0 Å². The summed E-state index contributed by atoms with van der Waals surface area (Å²) in [4.78, 5) is 17.8. The standard InChI is InChI=1S/C22H33N5O/c1-2-19-21(24-16-7-4-3-5-8-16)27-14-6-9-18(20(27)26-19)22(28)25-17-12-10-15(23)11-13-17/h6,9,14-17,24H,2-5,7-8,10-13,23H2,1H3,(H,25,28). The molecule has 0 aromatic carbocycles. The molecule has 6 nitrogen and oxygen atoms in total. The van der Waals surface area contributed by atoms with Crippen LogP contribution < -0.4 is 16.4 Å². The Morgan fingerprint density at radius 3 is 2.61 bits per heavy atom. The van der Waals surface area contributed by atoms with Gasteiger partial charge in [-0.05, 0) is 57.1 Å². The van der Waals surface area contributed by atoms with Gasteiger partial charge < -0.3 is 16.4 Å². The number of rotatable bonds is 5. The number of hydrogen-bond acceptors (Lipinski definition) is 4. The van der Waals surface area contributed by atoms with Crippen molar-refractivity contribution in [1.82, 2.24) is 14.7 Å². The van der Waals surface area contributed by atoms with Crippen molar-refractivity contribution in [3.63, 3.8) is 0 Å². The Balaban J connectivity index is 1.58. The van der Waals surface area contributed by atoms with E-state index in [-0.39, 0.29) is 18.0 Å². The van der Waals surface area contributed by atoms with Crippen LogP contribution in [0.1, 0.15) is 80.8 Å².